The van der Waals surface area contributed by atoms with Gasteiger partial charge in [-0.25, -0.2) is 0 Å². The summed E-state index contributed by atoms with van der Waals surface area (Å²) in [5, 5.41) is 27.6. The molecular weight excluding hydrogens is 192 g/mol. The number of aliphatic hydroxyl groups is 1. The van der Waals surface area contributed by atoms with Gasteiger partial charge in [0.05, 0.1) is 6.61 Å². The molecule has 0 amide bonds. The maximum atomic E-state index is 9.31. The molecule has 3 N–H and O–H groups in total. The van der Waals surface area contributed by atoms with Crippen molar-refractivity contribution in [1.82, 2.24) is 0 Å². The van der Waals surface area contributed by atoms with Crippen LogP contribution in [0.3, 0.4) is 0 Å². The lowest BCUT2D eigenvalue weighted by Crippen LogP contribution is -1.88. The highest BCUT2D eigenvalue weighted by molar-refractivity contribution is 5.59. The number of unbranched alkanes of at least 4 members (excludes halogenated alkanes) is 1. The molecule has 0 radical (unpaired) electrons. The number of allylic oxidation sites excluding steroid dienone is 1. The van der Waals surface area contributed by atoms with Crippen LogP contribution in [0, 0.1) is 0 Å². The van der Waals surface area contributed by atoms with Gasteiger partial charge >= 0.3 is 0 Å². The van der Waals surface area contributed by atoms with Crippen molar-refractivity contribution < 1.29 is 15.3 Å². The SMILES string of the molecule is CCCC=Cc1cc(O)c(O)cc1CO. The Morgan fingerprint density at radius 2 is 1.87 bits per heavy atom. The Morgan fingerprint density at radius 3 is 2.47 bits per heavy atom. The van der Waals surface area contributed by atoms with E-state index in [0.29, 0.717) is 5.56 Å². The molecule has 0 aliphatic heterocycles. The van der Waals surface area contributed by atoms with Gasteiger partial charge in [0.15, 0.2) is 11.5 Å². The molecule has 1 aromatic rings. The molecule has 0 fully saturated rings. The van der Waals surface area contributed by atoms with Gasteiger partial charge in [-0.05, 0) is 29.7 Å². The van der Waals surface area contributed by atoms with E-state index in [9.17, 15) is 10.2 Å². The van der Waals surface area contributed by atoms with Crippen molar-refractivity contribution in [3.8, 4) is 11.5 Å². The first kappa shape index (κ1) is 11.6. The van der Waals surface area contributed by atoms with Gasteiger partial charge in [-0.1, -0.05) is 25.5 Å². The fourth-order valence-electron chi connectivity index (χ4n) is 1.31. The van der Waals surface area contributed by atoms with Crippen LogP contribution in [0.4, 0.5) is 0 Å². The van der Waals surface area contributed by atoms with Gasteiger partial charge in [0.2, 0.25) is 0 Å². The Kier molecular flexibility index (Phi) is 4.18. The van der Waals surface area contributed by atoms with Crippen molar-refractivity contribution in [2.24, 2.45) is 0 Å². The van der Waals surface area contributed by atoms with Crippen LogP contribution < -0.4 is 0 Å². The highest BCUT2D eigenvalue weighted by Crippen LogP contribution is 2.29. The zero-order chi connectivity index (χ0) is 11.3. The van der Waals surface area contributed by atoms with Crippen LogP contribution in [-0.2, 0) is 6.61 Å². The smallest absolute Gasteiger partial charge is 0.158 e. The van der Waals surface area contributed by atoms with E-state index in [-0.39, 0.29) is 18.1 Å². The Hall–Kier alpha value is -1.48. The third-order valence-corrected chi connectivity index (χ3v) is 2.16. The fraction of sp³-hybridized carbons (Fsp3) is 0.333. The van der Waals surface area contributed by atoms with Gasteiger partial charge in [-0.2, -0.15) is 0 Å². The Morgan fingerprint density at radius 1 is 1.20 bits per heavy atom. The van der Waals surface area contributed by atoms with Crippen LogP contribution >= 0.6 is 0 Å². The summed E-state index contributed by atoms with van der Waals surface area (Å²) in [4.78, 5) is 0. The molecule has 3 heteroatoms. The van der Waals surface area contributed by atoms with Gasteiger partial charge in [-0.3, -0.25) is 0 Å². The van der Waals surface area contributed by atoms with Gasteiger partial charge < -0.3 is 15.3 Å². The summed E-state index contributed by atoms with van der Waals surface area (Å²) in [5.74, 6) is -0.366. The number of benzene rings is 1. The van der Waals surface area contributed by atoms with Crippen LogP contribution in [0.25, 0.3) is 6.08 Å². The largest absolute Gasteiger partial charge is 0.504 e. The first-order valence-electron chi connectivity index (χ1n) is 5.01. The molecule has 0 unspecified atom stereocenters. The second-order valence-corrected chi connectivity index (χ2v) is 3.39. The fourth-order valence-corrected chi connectivity index (χ4v) is 1.31. The standard InChI is InChI=1S/C12H16O3/c1-2-3-4-5-9-6-11(14)12(15)7-10(9)8-13/h4-7,13-15H,2-3,8H2,1H3. The summed E-state index contributed by atoms with van der Waals surface area (Å²) in [6.45, 7) is 1.92. The minimum atomic E-state index is -0.202. The van der Waals surface area contributed by atoms with Crippen molar-refractivity contribution >= 4 is 6.08 Å². The Bertz CT molecular complexity index is 356. The molecule has 0 heterocycles. The van der Waals surface area contributed by atoms with Crippen molar-refractivity contribution in [2.45, 2.75) is 26.4 Å². The zero-order valence-corrected chi connectivity index (χ0v) is 8.77. The number of hydrogen-bond acceptors (Lipinski definition) is 3. The van der Waals surface area contributed by atoms with E-state index in [1.807, 2.05) is 12.2 Å². The highest BCUT2D eigenvalue weighted by Gasteiger charge is 2.05. The first-order chi connectivity index (χ1) is 7.19. The molecule has 0 aliphatic carbocycles. The molecule has 0 bridgehead atoms. The number of phenolic OH excluding ortho intramolecular Hbond substituents is 2. The molecule has 15 heavy (non-hydrogen) atoms. The van der Waals surface area contributed by atoms with Crippen LogP contribution in [0.1, 0.15) is 30.9 Å². The lowest BCUT2D eigenvalue weighted by molar-refractivity contribution is 0.280. The minimum Gasteiger partial charge on any atom is -0.504 e. The van der Waals surface area contributed by atoms with Crippen LogP contribution in [0.15, 0.2) is 18.2 Å². The van der Waals surface area contributed by atoms with Crippen molar-refractivity contribution in [1.29, 1.82) is 0 Å². The van der Waals surface area contributed by atoms with Crippen molar-refractivity contribution in [2.75, 3.05) is 0 Å². The Balaban J connectivity index is 2.99. The third kappa shape index (κ3) is 2.99. The summed E-state index contributed by atoms with van der Waals surface area (Å²) < 4.78 is 0. The van der Waals surface area contributed by atoms with Gasteiger partial charge in [-0.15, -0.1) is 0 Å². The predicted molar refractivity (Wildman–Crippen MR) is 59.6 cm³/mol. The number of hydrogen-bond donors (Lipinski definition) is 3. The maximum absolute atomic E-state index is 9.31. The lowest BCUT2D eigenvalue weighted by atomic mass is 10.1. The molecule has 1 rings (SSSR count). The van der Waals surface area contributed by atoms with Gasteiger partial charge in [0, 0.05) is 0 Å². The molecular formula is C12H16O3. The second-order valence-electron chi connectivity index (χ2n) is 3.39. The third-order valence-electron chi connectivity index (χ3n) is 2.16. The van der Waals surface area contributed by atoms with E-state index in [1.54, 1.807) is 0 Å². The van der Waals surface area contributed by atoms with Crippen LogP contribution in [0.5, 0.6) is 11.5 Å². The van der Waals surface area contributed by atoms with E-state index < -0.39 is 0 Å². The lowest BCUT2D eigenvalue weighted by Gasteiger charge is -2.05. The molecule has 1 aromatic carbocycles. The molecule has 0 atom stereocenters. The van der Waals surface area contributed by atoms with E-state index >= 15 is 0 Å². The Labute approximate surface area is 89.3 Å². The van der Waals surface area contributed by atoms with Crippen LogP contribution in [0.2, 0.25) is 0 Å². The molecule has 0 spiro atoms. The molecule has 0 aromatic heterocycles. The number of rotatable bonds is 4. The summed E-state index contributed by atoms with van der Waals surface area (Å²) in [7, 11) is 0. The predicted octanol–water partition coefficient (Wildman–Crippen LogP) is 2.40. The number of aromatic hydroxyl groups is 2. The van der Waals surface area contributed by atoms with E-state index in [2.05, 4.69) is 6.92 Å². The molecule has 0 saturated carbocycles. The highest BCUT2D eigenvalue weighted by atomic mass is 16.3. The molecule has 3 nitrogen and oxygen atoms in total. The quantitative estimate of drug-likeness (QED) is 0.666. The van der Waals surface area contributed by atoms with Crippen molar-refractivity contribution in [3.63, 3.8) is 0 Å². The number of phenols is 2. The normalized spacial score (nSPS) is 11.1. The summed E-state index contributed by atoms with van der Waals surface area (Å²) in [6, 6.07) is 2.83. The monoisotopic (exact) mass is 208 g/mol. The minimum absolute atomic E-state index is 0.153. The zero-order valence-electron chi connectivity index (χ0n) is 8.77. The topological polar surface area (TPSA) is 60.7 Å². The van der Waals surface area contributed by atoms with Crippen LogP contribution in [-0.4, -0.2) is 15.3 Å². The average molecular weight is 208 g/mol. The van der Waals surface area contributed by atoms with E-state index in [0.717, 1.165) is 18.4 Å². The van der Waals surface area contributed by atoms with E-state index in [1.165, 1.54) is 12.1 Å². The van der Waals surface area contributed by atoms with Crippen molar-refractivity contribution in [3.05, 3.63) is 29.3 Å². The molecule has 0 saturated heterocycles. The van der Waals surface area contributed by atoms with E-state index in [4.69, 9.17) is 5.11 Å². The second kappa shape index (κ2) is 5.41. The first-order valence-corrected chi connectivity index (χ1v) is 5.01. The number of aliphatic hydroxyl groups excluding tert-OH is 1. The average Bonchev–Trinajstić information content (AvgIpc) is 2.23. The summed E-state index contributed by atoms with van der Waals surface area (Å²) >= 11 is 0. The van der Waals surface area contributed by atoms with Gasteiger partial charge in [0.1, 0.15) is 0 Å². The molecule has 82 valence electrons. The molecule has 0 aliphatic rings. The summed E-state index contributed by atoms with van der Waals surface area (Å²) in [5.41, 5.74) is 1.35. The summed E-state index contributed by atoms with van der Waals surface area (Å²) in [6.07, 6.45) is 5.82. The van der Waals surface area contributed by atoms with Gasteiger partial charge in [0.25, 0.3) is 0 Å². The maximum Gasteiger partial charge on any atom is 0.158 e.